The van der Waals surface area contributed by atoms with E-state index < -0.39 is 0 Å². The van der Waals surface area contributed by atoms with E-state index in [1.807, 2.05) is 50.2 Å². The lowest BCUT2D eigenvalue weighted by Crippen LogP contribution is -2.24. The first-order valence-electron chi connectivity index (χ1n) is 8.34. The van der Waals surface area contributed by atoms with Crippen LogP contribution >= 0.6 is 0 Å². The van der Waals surface area contributed by atoms with E-state index in [1.165, 1.54) is 0 Å². The zero-order valence-corrected chi connectivity index (χ0v) is 15.0. The van der Waals surface area contributed by atoms with Gasteiger partial charge in [0.1, 0.15) is 17.2 Å². The van der Waals surface area contributed by atoms with Gasteiger partial charge in [-0.15, -0.1) is 0 Å². The minimum absolute atomic E-state index is 0.0182. The summed E-state index contributed by atoms with van der Waals surface area (Å²) in [6.45, 7) is 3.99. The number of methoxy groups -OCH3 is 2. The molecule has 3 rings (SSSR count). The average molecular weight is 341 g/mol. The van der Waals surface area contributed by atoms with Gasteiger partial charge >= 0.3 is 0 Å². The van der Waals surface area contributed by atoms with Crippen molar-refractivity contribution >= 4 is 11.6 Å². The quantitative estimate of drug-likeness (QED) is 0.894. The van der Waals surface area contributed by atoms with Crippen molar-refractivity contribution in [3.8, 4) is 17.2 Å². The lowest BCUT2D eigenvalue weighted by Gasteiger charge is -2.28. The monoisotopic (exact) mass is 341 g/mol. The van der Waals surface area contributed by atoms with E-state index in [1.54, 1.807) is 14.2 Å². The summed E-state index contributed by atoms with van der Waals surface area (Å²) in [6.07, 6.45) is 0.500. The van der Waals surface area contributed by atoms with Gasteiger partial charge in [0.15, 0.2) is 0 Å². The Balaban J connectivity index is 2.02. The van der Waals surface area contributed by atoms with E-state index in [2.05, 4.69) is 5.32 Å². The Morgan fingerprint density at radius 1 is 1.04 bits per heavy atom. The molecular weight excluding hydrogens is 318 g/mol. The Labute approximate surface area is 147 Å². The lowest BCUT2D eigenvalue weighted by atomic mass is 9.84. The molecule has 2 aromatic rings. The average Bonchev–Trinajstić information content (AvgIpc) is 2.59. The molecule has 0 aromatic heterocycles. The summed E-state index contributed by atoms with van der Waals surface area (Å²) in [5.74, 6) is 2.09. The molecule has 1 atom stereocenters. The third-order valence-electron chi connectivity index (χ3n) is 4.24. The van der Waals surface area contributed by atoms with Crippen LogP contribution in [0.25, 0.3) is 0 Å². The third kappa shape index (κ3) is 3.55. The molecule has 2 aromatic carbocycles. The molecule has 132 valence electrons. The van der Waals surface area contributed by atoms with Gasteiger partial charge in [-0.05, 0) is 31.5 Å². The number of nitrogens with one attached hydrogen (secondary N) is 1. The number of carbonyl (C=O) groups excluding carboxylic acids is 1. The molecule has 0 saturated carbocycles. The van der Waals surface area contributed by atoms with Gasteiger partial charge in [-0.1, -0.05) is 12.1 Å². The van der Waals surface area contributed by atoms with Gasteiger partial charge in [0, 0.05) is 30.0 Å². The van der Waals surface area contributed by atoms with Crippen LogP contribution in [0.15, 0.2) is 36.4 Å². The maximum absolute atomic E-state index is 12.2. The summed E-state index contributed by atoms with van der Waals surface area (Å²) in [5.41, 5.74) is 2.76. The summed E-state index contributed by atoms with van der Waals surface area (Å²) in [7, 11) is 3.22. The standard InChI is InChI=1S/C20H23NO4/c1-12(2)25-14-7-5-13(6-8-14)16-11-19(22)21-17-9-15(23-3)10-18(24-4)20(16)17/h5-10,12,16H,11H2,1-4H3,(H,21,22)/t16-/m1/s1. The number of hydrogen-bond donors (Lipinski definition) is 1. The molecule has 0 radical (unpaired) electrons. The second-order valence-corrected chi connectivity index (χ2v) is 6.33. The molecule has 0 spiro atoms. The Morgan fingerprint density at radius 2 is 1.76 bits per heavy atom. The van der Waals surface area contributed by atoms with Crippen LogP contribution in [0.1, 0.15) is 37.3 Å². The van der Waals surface area contributed by atoms with Crippen LogP contribution in [0, 0.1) is 0 Å². The first-order chi connectivity index (χ1) is 12.0. The molecule has 1 amide bonds. The van der Waals surface area contributed by atoms with Crippen molar-refractivity contribution in [1.29, 1.82) is 0 Å². The van der Waals surface area contributed by atoms with Gasteiger partial charge in [0.05, 0.1) is 26.0 Å². The van der Waals surface area contributed by atoms with Crippen molar-refractivity contribution < 1.29 is 19.0 Å². The molecule has 1 aliphatic rings. The Bertz CT molecular complexity index is 768. The van der Waals surface area contributed by atoms with Crippen molar-refractivity contribution in [2.45, 2.75) is 32.3 Å². The molecule has 0 aliphatic carbocycles. The minimum atomic E-state index is -0.0716. The molecule has 1 N–H and O–H groups in total. The van der Waals surface area contributed by atoms with Crippen LogP contribution in [0.2, 0.25) is 0 Å². The number of rotatable bonds is 5. The molecule has 0 unspecified atom stereocenters. The predicted molar refractivity (Wildman–Crippen MR) is 96.8 cm³/mol. The summed E-state index contributed by atoms with van der Waals surface area (Å²) >= 11 is 0. The number of carbonyl (C=O) groups is 1. The van der Waals surface area contributed by atoms with Crippen LogP contribution in [0.3, 0.4) is 0 Å². The number of amides is 1. The summed E-state index contributed by atoms with van der Waals surface area (Å²) < 4.78 is 16.6. The van der Waals surface area contributed by atoms with Crippen molar-refractivity contribution in [2.75, 3.05) is 19.5 Å². The number of hydrogen-bond acceptors (Lipinski definition) is 4. The van der Waals surface area contributed by atoms with Gasteiger partial charge in [-0.3, -0.25) is 4.79 Å². The largest absolute Gasteiger partial charge is 0.497 e. The molecule has 25 heavy (non-hydrogen) atoms. The maximum Gasteiger partial charge on any atom is 0.225 e. The van der Waals surface area contributed by atoms with E-state index >= 15 is 0 Å². The fourth-order valence-electron chi connectivity index (χ4n) is 3.18. The fourth-order valence-corrected chi connectivity index (χ4v) is 3.18. The summed E-state index contributed by atoms with van der Waals surface area (Å²) in [6, 6.07) is 11.6. The third-order valence-corrected chi connectivity index (χ3v) is 4.24. The zero-order valence-electron chi connectivity index (χ0n) is 15.0. The first kappa shape index (κ1) is 17.1. The van der Waals surface area contributed by atoms with E-state index in [4.69, 9.17) is 14.2 Å². The molecule has 1 aliphatic heterocycles. The van der Waals surface area contributed by atoms with Gasteiger partial charge < -0.3 is 19.5 Å². The topological polar surface area (TPSA) is 56.8 Å². The van der Waals surface area contributed by atoms with Crippen LogP contribution in [-0.4, -0.2) is 26.2 Å². The molecular formula is C20H23NO4. The van der Waals surface area contributed by atoms with Crippen molar-refractivity contribution in [3.63, 3.8) is 0 Å². The minimum Gasteiger partial charge on any atom is -0.497 e. The van der Waals surface area contributed by atoms with Gasteiger partial charge in [-0.25, -0.2) is 0 Å². The molecule has 0 fully saturated rings. The van der Waals surface area contributed by atoms with Gasteiger partial charge in [-0.2, -0.15) is 0 Å². The highest BCUT2D eigenvalue weighted by Gasteiger charge is 2.30. The van der Waals surface area contributed by atoms with Gasteiger partial charge in [0.25, 0.3) is 0 Å². The molecule has 5 heteroatoms. The van der Waals surface area contributed by atoms with Crippen LogP contribution in [0.5, 0.6) is 17.2 Å². The van der Waals surface area contributed by atoms with E-state index in [-0.39, 0.29) is 17.9 Å². The molecule has 1 heterocycles. The van der Waals surface area contributed by atoms with Crippen LogP contribution in [-0.2, 0) is 4.79 Å². The Morgan fingerprint density at radius 3 is 2.36 bits per heavy atom. The summed E-state index contributed by atoms with van der Waals surface area (Å²) in [4.78, 5) is 12.2. The normalized spacial score (nSPS) is 16.2. The van der Waals surface area contributed by atoms with E-state index in [9.17, 15) is 4.79 Å². The van der Waals surface area contributed by atoms with Crippen molar-refractivity contribution in [3.05, 3.63) is 47.5 Å². The van der Waals surface area contributed by atoms with E-state index in [0.717, 1.165) is 22.6 Å². The number of benzene rings is 2. The highest BCUT2D eigenvalue weighted by Crippen LogP contribution is 2.45. The first-order valence-corrected chi connectivity index (χ1v) is 8.34. The molecule has 5 nitrogen and oxygen atoms in total. The van der Waals surface area contributed by atoms with Crippen molar-refractivity contribution in [1.82, 2.24) is 0 Å². The highest BCUT2D eigenvalue weighted by molar-refractivity contribution is 5.96. The van der Waals surface area contributed by atoms with E-state index in [0.29, 0.717) is 17.9 Å². The lowest BCUT2D eigenvalue weighted by molar-refractivity contribution is -0.116. The number of anilines is 1. The SMILES string of the molecule is COc1cc2c(c(OC)c1)[C@@H](c1ccc(OC(C)C)cc1)CC(=O)N2. The molecule has 0 saturated heterocycles. The second kappa shape index (κ2) is 7.05. The Kier molecular flexibility index (Phi) is 4.83. The smallest absolute Gasteiger partial charge is 0.225 e. The van der Waals surface area contributed by atoms with Crippen LogP contribution < -0.4 is 19.5 Å². The van der Waals surface area contributed by atoms with Gasteiger partial charge in [0.2, 0.25) is 5.91 Å². The predicted octanol–water partition coefficient (Wildman–Crippen LogP) is 3.97. The maximum atomic E-state index is 12.2. The second-order valence-electron chi connectivity index (χ2n) is 6.33. The van der Waals surface area contributed by atoms with Crippen LogP contribution in [0.4, 0.5) is 5.69 Å². The Hall–Kier alpha value is -2.69. The molecule has 0 bridgehead atoms. The highest BCUT2D eigenvalue weighted by atomic mass is 16.5. The zero-order chi connectivity index (χ0) is 18.0. The van der Waals surface area contributed by atoms with Crippen molar-refractivity contribution in [2.24, 2.45) is 0 Å². The fraction of sp³-hybridized carbons (Fsp3) is 0.350. The number of ether oxygens (including phenoxy) is 3. The summed E-state index contributed by atoms with van der Waals surface area (Å²) in [5, 5.41) is 2.92. The number of fused-ring (bicyclic) bond motifs is 1.